The van der Waals surface area contributed by atoms with E-state index in [-0.39, 0.29) is 5.54 Å². The second-order valence-electron chi connectivity index (χ2n) is 5.96. The van der Waals surface area contributed by atoms with Gasteiger partial charge in [-0.1, -0.05) is 0 Å². The molecule has 0 spiro atoms. The number of ether oxygens (including phenoxy) is 1. The van der Waals surface area contributed by atoms with Crippen molar-refractivity contribution in [1.82, 2.24) is 10.2 Å². The number of hydrogen-bond donors (Lipinski definition) is 1. The third-order valence-corrected chi connectivity index (χ3v) is 3.46. The van der Waals surface area contributed by atoms with Crippen molar-refractivity contribution in [2.24, 2.45) is 5.92 Å². The van der Waals surface area contributed by atoms with Crippen LogP contribution in [0.15, 0.2) is 0 Å². The number of nitrogens with zero attached hydrogens (tertiary/aromatic N) is 1. The molecule has 0 aromatic rings. The topological polar surface area (TPSA) is 24.5 Å². The van der Waals surface area contributed by atoms with E-state index in [0.29, 0.717) is 0 Å². The van der Waals surface area contributed by atoms with E-state index in [1.165, 1.54) is 32.4 Å². The molecule has 3 nitrogen and oxygen atoms in total. The summed E-state index contributed by atoms with van der Waals surface area (Å²) >= 11 is 0. The van der Waals surface area contributed by atoms with Gasteiger partial charge in [-0.3, -0.25) is 0 Å². The molecular weight excluding hydrogens is 200 g/mol. The first kappa shape index (κ1) is 12.3. The molecule has 1 N–H and O–H groups in total. The summed E-state index contributed by atoms with van der Waals surface area (Å²) in [6.07, 6.45) is 3.97. The van der Waals surface area contributed by atoms with Gasteiger partial charge in [0.05, 0.1) is 0 Å². The number of nitrogens with one attached hydrogen (secondary N) is 1. The van der Waals surface area contributed by atoms with Crippen molar-refractivity contribution in [3.05, 3.63) is 0 Å². The van der Waals surface area contributed by atoms with E-state index in [1.54, 1.807) is 0 Å². The fourth-order valence-electron chi connectivity index (χ4n) is 2.36. The van der Waals surface area contributed by atoms with Crippen molar-refractivity contribution in [2.75, 3.05) is 39.4 Å². The van der Waals surface area contributed by atoms with Gasteiger partial charge in [-0.05, 0) is 39.0 Å². The van der Waals surface area contributed by atoms with Crippen molar-refractivity contribution in [1.29, 1.82) is 0 Å². The molecule has 1 aliphatic heterocycles. The molecule has 1 aliphatic carbocycles. The Balaban J connectivity index is 1.51. The summed E-state index contributed by atoms with van der Waals surface area (Å²) < 4.78 is 5.66. The Morgan fingerprint density at radius 2 is 2.19 bits per heavy atom. The molecule has 0 amide bonds. The third-order valence-electron chi connectivity index (χ3n) is 3.46. The highest BCUT2D eigenvalue weighted by molar-refractivity contribution is 4.86. The first-order valence-corrected chi connectivity index (χ1v) is 6.71. The van der Waals surface area contributed by atoms with Gasteiger partial charge in [0.15, 0.2) is 0 Å². The van der Waals surface area contributed by atoms with Gasteiger partial charge in [0.2, 0.25) is 0 Å². The minimum Gasteiger partial charge on any atom is -0.381 e. The predicted octanol–water partition coefficient (Wildman–Crippen LogP) is 1.49. The molecule has 0 aromatic carbocycles. The Labute approximate surface area is 99.5 Å². The smallest absolute Gasteiger partial charge is 0.0494 e. The van der Waals surface area contributed by atoms with E-state index >= 15 is 0 Å². The minimum atomic E-state index is 0.285. The predicted molar refractivity (Wildman–Crippen MR) is 66.7 cm³/mol. The van der Waals surface area contributed by atoms with Gasteiger partial charge in [0, 0.05) is 44.9 Å². The first-order chi connectivity index (χ1) is 7.66. The lowest BCUT2D eigenvalue weighted by atomic mass is 10.0. The number of hydrogen-bond acceptors (Lipinski definition) is 3. The molecule has 2 fully saturated rings. The largest absolute Gasteiger partial charge is 0.381 e. The van der Waals surface area contributed by atoms with Gasteiger partial charge in [0.1, 0.15) is 0 Å². The van der Waals surface area contributed by atoms with Crippen LogP contribution in [0.2, 0.25) is 0 Å². The maximum Gasteiger partial charge on any atom is 0.0494 e. The van der Waals surface area contributed by atoms with Crippen LogP contribution in [-0.2, 0) is 4.74 Å². The Morgan fingerprint density at radius 3 is 2.88 bits per heavy atom. The van der Waals surface area contributed by atoms with E-state index in [2.05, 4.69) is 24.1 Å². The van der Waals surface area contributed by atoms with Crippen LogP contribution in [0.5, 0.6) is 0 Å². The molecule has 16 heavy (non-hydrogen) atoms. The van der Waals surface area contributed by atoms with Crippen LogP contribution in [0, 0.1) is 5.92 Å². The number of rotatable bonds is 6. The van der Waals surface area contributed by atoms with Crippen LogP contribution in [0.1, 0.15) is 33.1 Å². The van der Waals surface area contributed by atoms with Crippen LogP contribution >= 0.6 is 0 Å². The van der Waals surface area contributed by atoms with Crippen molar-refractivity contribution in [3.8, 4) is 0 Å². The first-order valence-electron chi connectivity index (χ1n) is 6.71. The monoisotopic (exact) mass is 226 g/mol. The molecule has 0 aromatic heterocycles. The molecule has 1 heterocycles. The quantitative estimate of drug-likeness (QED) is 0.694. The second kappa shape index (κ2) is 5.48. The fraction of sp³-hybridized carbons (Fsp3) is 1.00. The average Bonchev–Trinajstić information content (AvgIpc) is 2.99. The van der Waals surface area contributed by atoms with Gasteiger partial charge in [0.25, 0.3) is 0 Å². The molecule has 1 saturated carbocycles. The van der Waals surface area contributed by atoms with Crippen molar-refractivity contribution in [2.45, 2.75) is 38.6 Å². The number of piperazine rings is 1. The lowest BCUT2D eigenvalue weighted by molar-refractivity contribution is 0.0988. The average molecular weight is 226 g/mol. The Morgan fingerprint density at radius 1 is 1.38 bits per heavy atom. The van der Waals surface area contributed by atoms with Crippen molar-refractivity contribution in [3.63, 3.8) is 0 Å². The Kier molecular flexibility index (Phi) is 4.22. The van der Waals surface area contributed by atoms with Crippen molar-refractivity contribution < 1.29 is 4.74 Å². The summed E-state index contributed by atoms with van der Waals surface area (Å²) in [5, 5.41) is 3.54. The summed E-state index contributed by atoms with van der Waals surface area (Å²) in [7, 11) is 0. The lowest BCUT2D eigenvalue weighted by Crippen LogP contribution is -2.57. The van der Waals surface area contributed by atoms with Crippen LogP contribution in [0.3, 0.4) is 0 Å². The zero-order valence-electron chi connectivity index (χ0n) is 10.8. The fourth-order valence-corrected chi connectivity index (χ4v) is 2.36. The molecule has 0 bridgehead atoms. The highest BCUT2D eigenvalue weighted by Crippen LogP contribution is 2.28. The molecular formula is C13H26N2O. The van der Waals surface area contributed by atoms with Gasteiger partial charge >= 0.3 is 0 Å². The lowest BCUT2D eigenvalue weighted by Gasteiger charge is -2.39. The van der Waals surface area contributed by atoms with E-state index < -0.39 is 0 Å². The van der Waals surface area contributed by atoms with E-state index in [9.17, 15) is 0 Å². The highest BCUT2D eigenvalue weighted by Gasteiger charge is 2.25. The maximum atomic E-state index is 5.66. The van der Waals surface area contributed by atoms with Gasteiger partial charge in [-0.2, -0.15) is 0 Å². The normalized spacial score (nSPS) is 25.9. The summed E-state index contributed by atoms with van der Waals surface area (Å²) in [4.78, 5) is 2.55. The molecule has 94 valence electrons. The van der Waals surface area contributed by atoms with Crippen LogP contribution in [0.25, 0.3) is 0 Å². The van der Waals surface area contributed by atoms with E-state index in [4.69, 9.17) is 4.74 Å². The third kappa shape index (κ3) is 4.40. The van der Waals surface area contributed by atoms with Crippen molar-refractivity contribution >= 4 is 0 Å². The molecule has 0 atom stereocenters. The van der Waals surface area contributed by atoms with Gasteiger partial charge in [-0.25, -0.2) is 0 Å². The molecule has 2 aliphatic rings. The zero-order chi connectivity index (χ0) is 11.4. The van der Waals surface area contributed by atoms with Crippen LogP contribution in [-0.4, -0.2) is 49.8 Å². The molecule has 2 rings (SSSR count). The van der Waals surface area contributed by atoms with Gasteiger partial charge in [-0.15, -0.1) is 0 Å². The maximum absolute atomic E-state index is 5.66. The Hall–Kier alpha value is -0.120. The molecule has 0 unspecified atom stereocenters. The SMILES string of the molecule is CC1(C)CN(CCCOCC2CC2)CCN1. The van der Waals surface area contributed by atoms with E-state index in [1.807, 2.05) is 0 Å². The van der Waals surface area contributed by atoms with E-state index in [0.717, 1.165) is 32.2 Å². The minimum absolute atomic E-state index is 0.285. The van der Waals surface area contributed by atoms with Gasteiger partial charge < -0.3 is 15.0 Å². The summed E-state index contributed by atoms with van der Waals surface area (Å²) in [5.41, 5.74) is 0.285. The standard InChI is InChI=1S/C13H26N2O/c1-13(2)11-15(8-6-14-13)7-3-9-16-10-12-4-5-12/h12,14H,3-11H2,1-2H3. The second-order valence-corrected chi connectivity index (χ2v) is 5.96. The summed E-state index contributed by atoms with van der Waals surface area (Å²) in [6, 6.07) is 0. The Bertz CT molecular complexity index is 214. The molecule has 0 radical (unpaired) electrons. The highest BCUT2D eigenvalue weighted by atomic mass is 16.5. The molecule has 3 heteroatoms. The van der Waals surface area contributed by atoms with Crippen LogP contribution < -0.4 is 5.32 Å². The summed E-state index contributed by atoms with van der Waals surface area (Å²) in [5.74, 6) is 0.901. The zero-order valence-corrected chi connectivity index (χ0v) is 10.8. The van der Waals surface area contributed by atoms with Crippen LogP contribution in [0.4, 0.5) is 0 Å². The summed E-state index contributed by atoms with van der Waals surface area (Å²) in [6.45, 7) is 11.2. The molecule has 1 saturated heterocycles.